The molecule has 34 heavy (non-hydrogen) atoms. The molecular weight excluding hydrogens is 445 g/mol. The maximum Gasteiger partial charge on any atom is 0.416 e. The van der Waals surface area contributed by atoms with E-state index in [-0.39, 0.29) is 12.5 Å². The number of aryl methyl sites for hydroxylation is 1. The monoisotopic (exact) mass is 466 g/mol. The first-order chi connectivity index (χ1) is 16.3. The van der Waals surface area contributed by atoms with Gasteiger partial charge in [-0.1, -0.05) is 12.1 Å². The normalized spacial score (nSPS) is 12.8. The number of ether oxygens (including phenoxy) is 2. The van der Waals surface area contributed by atoms with E-state index in [1.54, 1.807) is 36.4 Å². The Labute approximate surface area is 194 Å². The summed E-state index contributed by atoms with van der Waals surface area (Å²) in [5.74, 6) is 1.26. The average molecular weight is 466 g/mol. The lowest BCUT2D eigenvalue weighted by atomic mass is 10.0. The molecule has 0 saturated carbocycles. The van der Waals surface area contributed by atoms with Crippen LogP contribution in [0.3, 0.4) is 0 Å². The van der Waals surface area contributed by atoms with Crippen LogP contribution >= 0.6 is 0 Å². The Morgan fingerprint density at radius 3 is 2.50 bits per heavy atom. The molecule has 174 valence electrons. The highest BCUT2D eigenvalue weighted by Gasteiger charge is 2.29. The zero-order valence-corrected chi connectivity index (χ0v) is 18.1. The topological polar surface area (TPSA) is 71.3 Å². The minimum Gasteiger partial charge on any atom is -0.493 e. The third-order valence-corrected chi connectivity index (χ3v) is 5.46. The SMILES string of the molecule is N#Cc1cc2c(cc1Oc1ccc(C(=O)NCCc3ccc(C(F)(F)F)cc3)cc1)OCCC2. The zero-order chi connectivity index (χ0) is 24.1. The van der Waals surface area contributed by atoms with Crippen molar-refractivity contribution in [1.29, 1.82) is 5.26 Å². The summed E-state index contributed by atoms with van der Waals surface area (Å²) in [5.41, 5.74) is 1.80. The third kappa shape index (κ3) is 5.49. The number of benzene rings is 3. The molecule has 1 amide bonds. The largest absolute Gasteiger partial charge is 0.493 e. The Morgan fingerprint density at radius 1 is 1.09 bits per heavy atom. The zero-order valence-electron chi connectivity index (χ0n) is 18.1. The molecule has 0 spiro atoms. The van der Waals surface area contributed by atoms with E-state index in [9.17, 15) is 23.2 Å². The van der Waals surface area contributed by atoms with Crippen LogP contribution < -0.4 is 14.8 Å². The summed E-state index contributed by atoms with van der Waals surface area (Å²) in [6.45, 7) is 0.907. The van der Waals surface area contributed by atoms with E-state index in [0.717, 1.165) is 30.5 Å². The van der Waals surface area contributed by atoms with Crippen molar-refractivity contribution in [2.24, 2.45) is 0 Å². The first-order valence-electron chi connectivity index (χ1n) is 10.8. The summed E-state index contributed by atoms with van der Waals surface area (Å²) in [6.07, 6.45) is -2.20. The third-order valence-electron chi connectivity index (χ3n) is 5.46. The second-order valence-electron chi connectivity index (χ2n) is 7.85. The van der Waals surface area contributed by atoms with Gasteiger partial charge in [-0.15, -0.1) is 0 Å². The van der Waals surface area contributed by atoms with E-state index in [2.05, 4.69) is 11.4 Å². The number of fused-ring (bicyclic) bond motifs is 1. The van der Waals surface area contributed by atoms with Crippen molar-refractivity contribution < 1.29 is 27.4 Å². The van der Waals surface area contributed by atoms with Crippen LogP contribution in [0.2, 0.25) is 0 Å². The van der Waals surface area contributed by atoms with Crippen LogP contribution in [0.15, 0.2) is 60.7 Å². The molecule has 1 aliphatic heterocycles. The fourth-order valence-corrected chi connectivity index (χ4v) is 3.64. The Morgan fingerprint density at radius 2 is 1.82 bits per heavy atom. The predicted molar refractivity (Wildman–Crippen MR) is 119 cm³/mol. The van der Waals surface area contributed by atoms with E-state index in [1.165, 1.54) is 12.1 Å². The Kier molecular flexibility index (Phi) is 6.73. The quantitative estimate of drug-likeness (QED) is 0.508. The number of carbonyl (C=O) groups excluding carboxylic acids is 1. The van der Waals surface area contributed by atoms with Crippen LogP contribution in [0.4, 0.5) is 13.2 Å². The average Bonchev–Trinajstić information content (AvgIpc) is 2.83. The number of nitrogens with zero attached hydrogens (tertiary/aromatic N) is 1. The molecule has 0 radical (unpaired) electrons. The van der Waals surface area contributed by atoms with Gasteiger partial charge < -0.3 is 14.8 Å². The van der Waals surface area contributed by atoms with Crippen LogP contribution in [0.1, 0.15) is 39.0 Å². The number of nitrogens with one attached hydrogen (secondary N) is 1. The predicted octanol–water partition coefficient (Wildman–Crippen LogP) is 5.67. The summed E-state index contributed by atoms with van der Waals surface area (Å²) < 4.78 is 49.4. The number of halogens is 3. The lowest BCUT2D eigenvalue weighted by molar-refractivity contribution is -0.137. The van der Waals surface area contributed by atoms with Gasteiger partial charge in [-0.05, 0) is 72.9 Å². The van der Waals surface area contributed by atoms with E-state index >= 15 is 0 Å². The van der Waals surface area contributed by atoms with Gasteiger partial charge in [0, 0.05) is 18.2 Å². The number of nitriles is 1. The standard InChI is InChI=1S/C26H21F3N2O3/c27-26(28,29)21-7-3-17(4-8-21)11-12-31-25(32)18-5-9-22(10-6-18)34-24-15-23-19(2-1-13-33-23)14-20(24)16-30/h3-10,14-15H,1-2,11-13H2,(H,31,32). The summed E-state index contributed by atoms with van der Waals surface area (Å²) in [5, 5.41) is 12.2. The second kappa shape index (κ2) is 9.87. The Hall–Kier alpha value is -3.99. The van der Waals surface area contributed by atoms with E-state index < -0.39 is 11.7 Å². The fraction of sp³-hybridized carbons (Fsp3) is 0.231. The molecule has 8 heteroatoms. The molecule has 1 N–H and O–H groups in total. The molecule has 0 fully saturated rings. The van der Waals surface area contributed by atoms with Crippen LogP contribution in [0.5, 0.6) is 17.2 Å². The molecule has 3 aromatic carbocycles. The lowest BCUT2D eigenvalue weighted by Crippen LogP contribution is -2.25. The van der Waals surface area contributed by atoms with Crippen LogP contribution in [-0.4, -0.2) is 19.1 Å². The highest BCUT2D eigenvalue weighted by Crippen LogP contribution is 2.35. The number of hydrogen-bond donors (Lipinski definition) is 1. The second-order valence-corrected chi connectivity index (χ2v) is 7.85. The summed E-state index contributed by atoms with van der Waals surface area (Å²) >= 11 is 0. The molecule has 4 rings (SSSR count). The van der Waals surface area contributed by atoms with Gasteiger partial charge in [0.05, 0.1) is 17.7 Å². The van der Waals surface area contributed by atoms with Crippen molar-refractivity contribution in [3.8, 4) is 23.3 Å². The maximum absolute atomic E-state index is 12.6. The van der Waals surface area contributed by atoms with Crippen molar-refractivity contribution in [3.63, 3.8) is 0 Å². The van der Waals surface area contributed by atoms with E-state index in [0.29, 0.717) is 47.0 Å². The summed E-state index contributed by atoms with van der Waals surface area (Å²) in [6, 6.07) is 17.0. The first kappa shape index (κ1) is 23.2. The molecule has 3 aromatic rings. The molecule has 0 saturated heterocycles. The van der Waals surface area contributed by atoms with Crippen LogP contribution in [0.25, 0.3) is 0 Å². The molecule has 5 nitrogen and oxygen atoms in total. The van der Waals surface area contributed by atoms with Crippen LogP contribution in [-0.2, 0) is 19.0 Å². The summed E-state index contributed by atoms with van der Waals surface area (Å²) in [7, 11) is 0. The van der Waals surface area contributed by atoms with Crippen molar-refractivity contribution >= 4 is 5.91 Å². The lowest BCUT2D eigenvalue weighted by Gasteiger charge is -2.19. The molecule has 0 bridgehead atoms. The smallest absolute Gasteiger partial charge is 0.416 e. The molecule has 1 heterocycles. The van der Waals surface area contributed by atoms with Gasteiger partial charge in [0.25, 0.3) is 5.91 Å². The first-order valence-corrected chi connectivity index (χ1v) is 10.8. The highest BCUT2D eigenvalue weighted by molar-refractivity contribution is 5.94. The maximum atomic E-state index is 12.6. The van der Waals surface area contributed by atoms with Gasteiger partial charge in [-0.25, -0.2) is 0 Å². The number of carbonyl (C=O) groups is 1. The van der Waals surface area contributed by atoms with Crippen molar-refractivity contribution in [1.82, 2.24) is 5.32 Å². The van der Waals surface area contributed by atoms with Gasteiger partial charge in [0.15, 0.2) is 0 Å². The van der Waals surface area contributed by atoms with Gasteiger partial charge in [0.1, 0.15) is 23.3 Å². The van der Waals surface area contributed by atoms with Gasteiger partial charge in [-0.2, -0.15) is 18.4 Å². The molecule has 0 unspecified atom stereocenters. The van der Waals surface area contributed by atoms with E-state index in [1.807, 2.05) is 0 Å². The van der Waals surface area contributed by atoms with Gasteiger partial charge in [0.2, 0.25) is 0 Å². The Balaban J connectivity index is 1.34. The molecule has 0 aromatic heterocycles. The molecular formula is C26H21F3N2O3. The van der Waals surface area contributed by atoms with Gasteiger partial charge in [-0.3, -0.25) is 4.79 Å². The molecule has 0 aliphatic carbocycles. The minimum atomic E-state index is -4.37. The number of hydrogen-bond acceptors (Lipinski definition) is 4. The van der Waals surface area contributed by atoms with Crippen molar-refractivity contribution in [2.75, 3.05) is 13.2 Å². The highest BCUT2D eigenvalue weighted by atomic mass is 19.4. The number of amides is 1. The minimum absolute atomic E-state index is 0.281. The molecule has 0 atom stereocenters. The summed E-state index contributed by atoms with van der Waals surface area (Å²) in [4.78, 5) is 12.4. The van der Waals surface area contributed by atoms with E-state index in [4.69, 9.17) is 9.47 Å². The number of rotatable bonds is 6. The van der Waals surface area contributed by atoms with Crippen molar-refractivity contribution in [2.45, 2.75) is 25.4 Å². The molecule has 1 aliphatic rings. The Bertz CT molecular complexity index is 1210. The van der Waals surface area contributed by atoms with Crippen LogP contribution in [0, 0.1) is 11.3 Å². The number of alkyl halides is 3. The van der Waals surface area contributed by atoms with Gasteiger partial charge >= 0.3 is 6.18 Å². The van der Waals surface area contributed by atoms with Crippen molar-refractivity contribution in [3.05, 3.63) is 88.5 Å². The fourth-order valence-electron chi connectivity index (χ4n) is 3.64.